The van der Waals surface area contributed by atoms with Gasteiger partial charge in [-0.1, -0.05) is 24.3 Å². The molecule has 2 aliphatic heterocycles. The molecule has 2 aliphatic rings. The summed E-state index contributed by atoms with van der Waals surface area (Å²) in [5.74, 6) is 0. The number of rotatable bonds is 7. The number of carbonyl (C=O) groups is 2. The Bertz CT molecular complexity index is 646. The maximum absolute atomic E-state index is 12.8. The van der Waals surface area contributed by atoms with Crippen molar-refractivity contribution >= 4 is 12.1 Å². The van der Waals surface area contributed by atoms with Gasteiger partial charge in [-0.2, -0.15) is 0 Å². The molecule has 0 bridgehead atoms. The number of carbonyl (C=O) groups excluding carboxylic acids is 2. The Balaban J connectivity index is 1.56. The van der Waals surface area contributed by atoms with Crippen molar-refractivity contribution in [2.75, 3.05) is 39.4 Å². The number of cyclic esters (lactones) is 1. The average molecular weight is 375 g/mol. The number of hydrogen-bond donors (Lipinski definition) is 1. The number of aryl methyl sites for hydroxylation is 1. The highest BCUT2D eigenvalue weighted by Crippen LogP contribution is 2.16. The van der Waals surface area contributed by atoms with Crippen molar-refractivity contribution < 1.29 is 19.1 Å². The molecule has 0 radical (unpaired) electrons. The first-order valence-electron chi connectivity index (χ1n) is 9.74. The second-order valence-electron chi connectivity index (χ2n) is 7.13. The Morgan fingerprint density at radius 1 is 1.30 bits per heavy atom. The van der Waals surface area contributed by atoms with Crippen molar-refractivity contribution in [3.05, 3.63) is 35.4 Å². The number of benzene rings is 1. The molecule has 3 amide bonds. The first-order valence-corrected chi connectivity index (χ1v) is 9.74. The van der Waals surface area contributed by atoms with Crippen LogP contribution in [0.2, 0.25) is 0 Å². The predicted octanol–water partition coefficient (Wildman–Crippen LogP) is 2.53. The van der Waals surface area contributed by atoms with E-state index < -0.39 is 0 Å². The summed E-state index contributed by atoms with van der Waals surface area (Å²) in [6, 6.07) is 7.97. The third-order valence-corrected chi connectivity index (χ3v) is 5.07. The Morgan fingerprint density at radius 2 is 2.15 bits per heavy atom. The SMILES string of the molecule is Cc1ccccc1CN(CC1CCCO1)C(=O)NCCN1CCCOC1=O. The first kappa shape index (κ1) is 19.5. The Hall–Kier alpha value is -2.28. The molecule has 1 aromatic rings. The van der Waals surface area contributed by atoms with Crippen LogP contribution in [0.3, 0.4) is 0 Å². The smallest absolute Gasteiger partial charge is 0.409 e. The minimum absolute atomic E-state index is 0.0943. The Labute approximate surface area is 160 Å². The summed E-state index contributed by atoms with van der Waals surface area (Å²) in [6.07, 6.45) is 2.65. The van der Waals surface area contributed by atoms with Crippen molar-refractivity contribution in [3.8, 4) is 0 Å². The van der Waals surface area contributed by atoms with Crippen LogP contribution in [0.4, 0.5) is 9.59 Å². The minimum atomic E-state index is -0.299. The fourth-order valence-corrected chi connectivity index (χ4v) is 3.46. The highest BCUT2D eigenvalue weighted by Gasteiger charge is 2.24. The van der Waals surface area contributed by atoms with E-state index in [1.807, 2.05) is 17.0 Å². The van der Waals surface area contributed by atoms with Gasteiger partial charge in [0.25, 0.3) is 0 Å². The van der Waals surface area contributed by atoms with Crippen LogP contribution in [0.5, 0.6) is 0 Å². The van der Waals surface area contributed by atoms with E-state index in [0.717, 1.165) is 31.4 Å². The normalized spacial score (nSPS) is 19.7. The lowest BCUT2D eigenvalue weighted by molar-refractivity contribution is 0.0718. The molecule has 148 valence electrons. The molecule has 0 saturated carbocycles. The first-order chi connectivity index (χ1) is 13.1. The van der Waals surface area contributed by atoms with E-state index in [-0.39, 0.29) is 18.2 Å². The summed E-state index contributed by atoms with van der Waals surface area (Å²) in [5.41, 5.74) is 2.30. The van der Waals surface area contributed by atoms with Crippen LogP contribution in [0.1, 0.15) is 30.4 Å². The molecule has 1 atom stereocenters. The summed E-state index contributed by atoms with van der Waals surface area (Å²) in [6.45, 7) is 5.97. The number of amides is 3. The summed E-state index contributed by atoms with van der Waals surface area (Å²) in [4.78, 5) is 27.9. The molecular formula is C20H29N3O4. The van der Waals surface area contributed by atoms with Crippen molar-refractivity contribution in [2.24, 2.45) is 0 Å². The maximum atomic E-state index is 12.8. The number of ether oxygens (including phenoxy) is 2. The zero-order chi connectivity index (χ0) is 19.1. The quantitative estimate of drug-likeness (QED) is 0.795. The average Bonchev–Trinajstić information content (AvgIpc) is 3.17. The van der Waals surface area contributed by atoms with E-state index in [1.54, 1.807) is 4.90 Å². The van der Waals surface area contributed by atoms with E-state index in [9.17, 15) is 9.59 Å². The van der Waals surface area contributed by atoms with E-state index in [1.165, 1.54) is 5.56 Å². The molecule has 27 heavy (non-hydrogen) atoms. The van der Waals surface area contributed by atoms with Gasteiger partial charge in [0.05, 0.1) is 12.7 Å². The predicted molar refractivity (Wildman–Crippen MR) is 101 cm³/mol. The third kappa shape index (κ3) is 5.60. The molecule has 0 aromatic heterocycles. The molecule has 2 saturated heterocycles. The molecule has 7 nitrogen and oxygen atoms in total. The summed E-state index contributed by atoms with van der Waals surface area (Å²) in [7, 11) is 0. The number of urea groups is 1. The molecule has 1 N–H and O–H groups in total. The second-order valence-corrected chi connectivity index (χ2v) is 7.13. The van der Waals surface area contributed by atoms with E-state index >= 15 is 0 Å². The highest BCUT2D eigenvalue weighted by molar-refractivity contribution is 5.74. The zero-order valence-corrected chi connectivity index (χ0v) is 16.0. The van der Waals surface area contributed by atoms with Gasteiger partial charge >= 0.3 is 12.1 Å². The summed E-state index contributed by atoms with van der Waals surface area (Å²) >= 11 is 0. The molecule has 2 heterocycles. The van der Waals surface area contributed by atoms with Crippen molar-refractivity contribution in [1.29, 1.82) is 0 Å². The maximum Gasteiger partial charge on any atom is 0.409 e. The Morgan fingerprint density at radius 3 is 2.89 bits per heavy atom. The molecular weight excluding hydrogens is 346 g/mol. The largest absolute Gasteiger partial charge is 0.449 e. The van der Waals surface area contributed by atoms with Gasteiger partial charge in [-0.25, -0.2) is 9.59 Å². The van der Waals surface area contributed by atoms with Gasteiger partial charge in [-0.05, 0) is 37.3 Å². The second kappa shape index (κ2) is 9.60. The molecule has 3 rings (SSSR count). The molecule has 1 unspecified atom stereocenters. The third-order valence-electron chi connectivity index (χ3n) is 5.07. The van der Waals surface area contributed by atoms with Gasteiger partial charge in [0.2, 0.25) is 0 Å². The van der Waals surface area contributed by atoms with Crippen molar-refractivity contribution in [3.63, 3.8) is 0 Å². The summed E-state index contributed by atoms with van der Waals surface area (Å²) < 4.78 is 10.7. The van der Waals surface area contributed by atoms with Crippen LogP contribution >= 0.6 is 0 Å². The van der Waals surface area contributed by atoms with E-state index in [4.69, 9.17) is 9.47 Å². The van der Waals surface area contributed by atoms with E-state index in [0.29, 0.717) is 39.3 Å². The van der Waals surface area contributed by atoms with Gasteiger partial charge in [-0.15, -0.1) is 0 Å². The van der Waals surface area contributed by atoms with E-state index in [2.05, 4.69) is 24.4 Å². The van der Waals surface area contributed by atoms with Crippen LogP contribution in [-0.4, -0.2) is 67.4 Å². The summed E-state index contributed by atoms with van der Waals surface area (Å²) in [5, 5.41) is 2.95. The molecule has 7 heteroatoms. The number of nitrogens with zero attached hydrogens (tertiary/aromatic N) is 2. The highest BCUT2D eigenvalue weighted by atomic mass is 16.6. The molecule has 2 fully saturated rings. The Kier molecular flexibility index (Phi) is 6.92. The monoisotopic (exact) mass is 375 g/mol. The fourth-order valence-electron chi connectivity index (χ4n) is 3.46. The van der Waals surface area contributed by atoms with Crippen LogP contribution in [0.25, 0.3) is 0 Å². The van der Waals surface area contributed by atoms with Gasteiger partial charge in [-0.3, -0.25) is 0 Å². The van der Waals surface area contributed by atoms with Gasteiger partial charge < -0.3 is 24.6 Å². The van der Waals surface area contributed by atoms with Crippen LogP contribution in [-0.2, 0) is 16.0 Å². The minimum Gasteiger partial charge on any atom is -0.449 e. The van der Waals surface area contributed by atoms with Crippen LogP contribution in [0.15, 0.2) is 24.3 Å². The molecule has 0 aliphatic carbocycles. The van der Waals surface area contributed by atoms with Crippen LogP contribution < -0.4 is 5.32 Å². The van der Waals surface area contributed by atoms with Gasteiger partial charge in [0.1, 0.15) is 0 Å². The lowest BCUT2D eigenvalue weighted by Crippen LogP contribution is -2.47. The van der Waals surface area contributed by atoms with Crippen molar-refractivity contribution in [1.82, 2.24) is 15.1 Å². The van der Waals surface area contributed by atoms with Gasteiger partial charge in [0, 0.05) is 39.3 Å². The lowest BCUT2D eigenvalue weighted by Gasteiger charge is -2.28. The topological polar surface area (TPSA) is 71.1 Å². The zero-order valence-electron chi connectivity index (χ0n) is 16.0. The van der Waals surface area contributed by atoms with Crippen molar-refractivity contribution in [2.45, 2.75) is 38.8 Å². The number of hydrogen-bond acceptors (Lipinski definition) is 4. The molecule has 1 aromatic carbocycles. The standard InChI is InChI=1S/C20H29N3O4/c1-16-6-2-3-7-17(16)14-23(15-18-8-4-12-26-18)19(24)21-9-11-22-10-5-13-27-20(22)25/h2-3,6-7,18H,4-5,8-15H2,1H3,(H,21,24). The fraction of sp³-hybridized carbons (Fsp3) is 0.600. The molecule has 0 spiro atoms. The number of nitrogens with one attached hydrogen (secondary N) is 1. The lowest BCUT2D eigenvalue weighted by atomic mass is 10.1. The van der Waals surface area contributed by atoms with Crippen LogP contribution in [0, 0.1) is 6.92 Å². The van der Waals surface area contributed by atoms with Gasteiger partial charge in [0.15, 0.2) is 0 Å².